The molecule has 0 aromatic heterocycles. The predicted molar refractivity (Wildman–Crippen MR) is 98.7 cm³/mol. The molecule has 6 heteroatoms. The zero-order valence-electron chi connectivity index (χ0n) is 16.1. The zero-order valence-corrected chi connectivity index (χ0v) is 16.1. The fourth-order valence-electron chi connectivity index (χ4n) is 4.57. The van der Waals surface area contributed by atoms with Gasteiger partial charge in [0.1, 0.15) is 5.60 Å². The van der Waals surface area contributed by atoms with Gasteiger partial charge < -0.3 is 19.6 Å². The second-order valence-electron chi connectivity index (χ2n) is 8.36. The number of rotatable bonds is 6. The van der Waals surface area contributed by atoms with Crippen molar-refractivity contribution in [2.75, 3.05) is 26.2 Å². The Balaban J connectivity index is 1.45. The zero-order chi connectivity index (χ0) is 18.6. The van der Waals surface area contributed by atoms with Crippen LogP contribution in [0.3, 0.4) is 0 Å². The third-order valence-corrected chi connectivity index (χ3v) is 6.35. The van der Waals surface area contributed by atoms with Crippen LogP contribution in [0.1, 0.15) is 71.1 Å². The lowest BCUT2D eigenvalue weighted by molar-refractivity contribution is -0.140. The maximum atomic E-state index is 12.7. The second-order valence-corrected chi connectivity index (χ2v) is 8.36. The first-order valence-electron chi connectivity index (χ1n) is 10.5. The number of amides is 2. The van der Waals surface area contributed by atoms with E-state index in [-0.39, 0.29) is 29.6 Å². The van der Waals surface area contributed by atoms with Gasteiger partial charge in [-0.3, -0.25) is 4.79 Å². The van der Waals surface area contributed by atoms with Gasteiger partial charge in [-0.2, -0.15) is 0 Å². The minimum absolute atomic E-state index is 0.0636. The number of unbranched alkanes of at least 4 members (excludes halogenated alkanes) is 3. The first kappa shape index (κ1) is 19.5. The highest BCUT2D eigenvalue weighted by atomic mass is 16.6. The molecule has 1 N–H and O–H groups in total. The Hall–Kier alpha value is -1.30. The van der Waals surface area contributed by atoms with Crippen LogP contribution < -0.4 is 0 Å². The average molecular weight is 367 g/mol. The maximum Gasteiger partial charge on any atom is 0.410 e. The van der Waals surface area contributed by atoms with Crippen LogP contribution in [0.25, 0.3) is 0 Å². The number of carbonyl (C=O) groups excluding carboxylic acids is 2. The van der Waals surface area contributed by atoms with Crippen LogP contribution in [0.15, 0.2) is 0 Å². The van der Waals surface area contributed by atoms with Crippen LogP contribution in [0.5, 0.6) is 0 Å². The number of carbonyl (C=O) groups is 2. The van der Waals surface area contributed by atoms with Gasteiger partial charge in [-0.1, -0.05) is 26.2 Å². The van der Waals surface area contributed by atoms with Gasteiger partial charge in [0.2, 0.25) is 5.91 Å². The van der Waals surface area contributed by atoms with E-state index in [1.165, 1.54) is 12.8 Å². The van der Waals surface area contributed by atoms with Crippen LogP contribution in [0, 0.1) is 5.92 Å². The Labute approximate surface area is 156 Å². The summed E-state index contributed by atoms with van der Waals surface area (Å²) in [7, 11) is 0. The lowest BCUT2D eigenvalue weighted by atomic mass is 9.85. The van der Waals surface area contributed by atoms with E-state index in [4.69, 9.17) is 4.74 Å². The molecule has 2 aliphatic heterocycles. The van der Waals surface area contributed by atoms with Crippen molar-refractivity contribution >= 4 is 12.0 Å². The molecule has 0 atom stereocenters. The van der Waals surface area contributed by atoms with Crippen molar-refractivity contribution in [2.45, 2.75) is 82.8 Å². The van der Waals surface area contributed by atoms with E-state index in [0.717, 1.165) is 57.9 Å². The predicted octanol–water partition coefficient (Wildman–Crippen LogP) is 2.93. The molecule has 0 aromatic carbocycles. The third-order valence-electron chi connectivity index (χ3n) is 6.35. The number of hydrogen-bond donors (Lipinski definition) is 1. The largest absolute Gasteiger partial charge is 0.441 e. The van der Waals surface area contributed by atoms with Crippen LogP contribution >= 0.6 is 0 Å². The molecule has 1 saturated carbocycles. The van der Waals surface area contributed by atoms with Crippen LogP contribution in [0.4, 0.5) is 4.79 Å². The summed E-state index contributed by atoms with van der Waals surface area (Å²) >= 11 is 0. The van der Waals surface area contributed by atoms with Crippen molar-refractivity contribution in [1.82, 2.24) is 9.80 Å². The smallest absolute Gasteiger partial charge is 0.410 e. The molecule has 1 aliphatic carbocycles. The summed E-state index contributed by atoms with van der Waals surface area (Å²) in [5, 5.41) is 9.62. The number of likely N-dealkylation sites (tertiary alicyclic amines) is 1. The van der Waals surface area contributed by atoms with Crippen molar-refractivity contribution in [1.29, 1.82) is 0 Å². The van der Waals surface area contributed by atoms with Crippen LogP contribution in [0.2, 0.25) is 0 Å². The number of nitrogens with zero attached hydrogens (tertiary/aromatic N) is 2. The Morgan fingerprint density at radius 1 is 1.15 bits per heavy atom. The Bertz CT molecular complexity index is 494. The average Bonchev–Trinajstić information content (AvgIpc) is 2.94. The fourth-order valence-corrected chi connectivity index (χ4v) is 4.57. The minimum Gasteiger partial charge on any atom is -0.441 e. The molecule has 2 amide bonds. The standard InChI is InChI=1S/C20H34N2O4/c1-2-3-4-5-12-22-15-20(26-19(22)25)10-13-21(14-11-20)18(24)16-6-8-17(23)9-7-16/h16-17,23H,2-15H2,1H3. The van der Waals surface area contributed by atoms with Crippen molar-refractivity contribution < 1.29 is 19.4 Å². The summed E-state index contributed by atoms with van der Waals surface area (Å²) in [5.41, 5.74) is -0.388. The molecule has 148 valence electrons. The highest BCUT2D eigenvalue weighted by Crippen LogP contribution is 2.35. The number of ether oxygens (including phenoxy) is 1. The van der Waals surface area contributed by atoms with Crippen LogP contribution in [-0.4, -0.2) is 64.8 Å². The molecule has 0 aromatic rings. The molecule has 2 heterocycles. The lowest BCUT2D eigenvalue weighted by Gasteiger charge is -2.39. The molecule has 0 unspecified atom stereocenters. The molecule has 26 heavy (non-hydrogen) atoms. The molecule has 2 saturated heterocycles. The van der Waals surface area contributed by atoms with Crippen molar-refractivity contribution in [2.24, 2.45) is 5.92 Å². The quantitative estimate of drug-likeness (QED) is 0.734. The van der Waals surface area contributed by atoms with Gasteiger partial charge >= 0.3 is 6.09 Å². The Morgan fingerprint density at radius 2 is 1.85 bits per heavy atom. The highest BCUT2D eigenvalue weighted by Gasteiger charge is 2.47. The van der Waals surface area contributed by atoms with Gasteiger partial charge in [-0.15, -0.1) is 0 Å². The van der Waals surface area contributed by atoms with Gasteiger partial charge in [0.15, 0.2) is 0 Å². The molecule has 3 aliphatic rings. The van der Waals surface area contributed by atoms with Crippen LogP contribution in [-0.2, 0) is 9.53 Å². The topological polar surface area (TPSA) is 70.1 Å². The summed E-state index contributed by atoms with van der Waals surface area (Å²) < 4.78 is 5.76. The van der Waals surface area contributed by atoms with E-state index in [1.807, 2.05) is 9.80 Å². The first-order valence-corrected chi connectivity index (χ1v) is 10.5. The number of hydrogen-bond acceptors (Lipinski definition) is 4. The van der Waals surface area contributed by atoms with E-state index in [2.05, 4.69) is 6.92 Å². The molecule has 0 bridgehead atoms. The van der Waals surface area contributed by atoms with Gasteiger partial charge in [0, 0.05) is 38.4 Å². The molecule has 3 fully saturated rings. The molecule has 0 radical (unpaired) electrons. The number of aliphatic hydroxyl groups is 1. The van der Waals surface area contributed by atoms with Gasteiger partial charge in [0.25, 0.3) is 0 Å². The van der Waals surface area contributed by atoms with E-state index < -0.39 is 0 Å². The molecule has 3 rings (SSSR count). The molecular weight excluding hydrogens is 332 g/mol. The summed E-state index contributed by atoms with van der Waals surface area (Å²) in [6, 6.07) is 0. The first-order chi connectivity index (χ1) is 12.5. The summed E-state index contributed by atoms with van der Waals surface area (Å²) in [6.07, 6.45) is 8.73. The molecular formula is C20H34N2O4. The molecule has 1 spiro atoms. The summed E-state index contributed by atoms with van der Waals surface area (Å²) in [5.74, 6) is 0.293. The van der Waals surface area contributed by atoms with Gasteiger partial charge in [-0.05, 0) is 32.1 Å². The SMILES string of the molecule is CCCCCCN1CC2(CCN(C(=O)C3CCC(O)CC3)CC2)OC1=O. The normalized spacial score (nSPS) is 28.5. The third kappa shape index (κ3) is 4.51. The van der Waals surface area contributed by atoms with E-state index in [1.54, 1.807) is 0 Å². The Kier molecular flexibility index (Phi) is 6.43. The van der Waals surface area contributed by atoms with Gasteiger partial charge in [-0.25, -0.2) is 4.79 Å². The van der Waals surface area contributed by atoms with E-state index in [9.17, 15) is 14.7 Å². The fraction of sp³-hybridized carbons (Fsp3) is 0.900. The Morgan fingerprint density at radius 3 is 2.50 bits per heavy atom. The number of aliphatic hydroxyl groups excluding tert-OH is 1. The lowest BCUT2D eigenvalue weighted by Crippen LogP contribution is -2.50. The minimum atomic E-state index is -0.388. The monoisotopic (exact) mass is 366 g/mol. The van der Waals surface area contributed by atoms with Gasteiger partial charge in [0.05, 0.1) is 12.6 Å². The summed E-state index contributed by atoms with van der Waals surface area (Å²) in [4.78, 5) is 28.7. The summed E-state index contributed by atoms with van der Waals surface area (Å²) in [6.45, 7) is 5.00. The van der Waals surface area contributed by atoms with Crippen molar-refractivity contribution in [3.05, 3.63) is 0 Å². The molecule has 6 nitrogen and oxygen atoms in total. The highest BCUT2D eigenvalue weighted by molar-refractivity contribution is 5.79. The van der Waals surface area contributed by atoms with E-state index in [0.29, 0.717) is 19.6 Å². The van der Waals surface area contributed by atoms with E-state index >= 15 is 0 Å². The number of piperidine rings is 1. The van der Waals surface area contributed by atoms with Crippen molar-refractivity contribution in [3.63, 3.8) is 0 Å². The van der Waals surface area contributed by atoms with Crippen molar-refractivity contribution in [3.8, 4) is 0 Å². The maximum absolute atomic E-state index is 12.7. The second kappa shape index (κ2) is 8.59.